The Morgan fingerprint density at radius 2 is 1.69 bits per heavy atom. The second kappa shape index (κ2) is 11.3. The molecule has 0 atom stereocenters. The SMILES string of the molecule is COCCCNCCN(CCOC)C(C)C. The van der Waals surface area contributed by atoms with Crippen molar-refractivity contribution in [2.24, 2.45) is 0 Å². The Morgan fingerprint density at radius 3 is 2.25 bits per heavy atom. The Morgan fingerprint density at radius 1 is 1.00 bits per heavy atom. The lowest BCUT2D eigenvalue weighted by molar-refractivity contribution is 0.130. The molecule has 1 N–H and O–H groups in total. The number of rotatable bonds is 11. The second-order valence-corrected chi connectivity index (χ2v) is 4.22. The molecule has 4 heteroatoms. The molecule has 0 aliphatic rings. The molecule has 0 aromatic carbocycles. The van der Waals surface area contributed by atoms with Crippen molar-refractivity contribution in [3.8, 4) is 0 Å². The fourth-order valence-electron chi connectivity index (χ4n) is 1.53. The van der Waals surface area contributed by atoms with Gasteiger partial charge in [-0.05, 0) is 26.8 Å². The third-order valence-corrected chi connectivity index (χ3v) is 2.59. The summed E-state index contributed by atoms with van der Waals surface area (Å²) >= 11 is 0. The Hall–Kier alpha value is -0.160. The number of hydrogen-bond donors (Lipinski definition) is 1. The summed E-state index contributed by atoms with van der Waals surface area (Å²) in [5.74, 6) is 0. The molecule has 0 aliphatic heterocycles. The van der Waals surface area contributed by atoms with Crippen LogP contribution >= 0.6 is 0 Å². The average molecular weight is 232 g/mol. The first-order valence-electron chi connectivity index (χ1n) is 6.15. The summed E-state index contributed by atoms with van der Waals surface area (Å²) in [5.41, 5.74) is 0. The Labute approximate surface area is 100 Å². The van der Waals surface area contributed by atoms with E-state index in [1.165, 1.54) is 0 Å². The van der Waals surface area contributed by atoms with Gasteiger partial charge in [0, 0.05) is 46.5 Å². The highest BCUT2D eigenvalue weighted by Gasteiger charge is 2.07. The van der Waals surface area contributed by atoms with Crippen molar-refractivity contribution in [1.29, 1.82) is 0 Å². The van der Waals surface area contributed by atoms with Gasteiger partial charge in [-0.2, -0.15) is 0 Å². The quantitative estimate of drug-likeness (QED) is 0.538. The fraction of sp³-hybridized carbons (Fsp3) is 1.00. The average Bonchev–Trinajstić information content (AvgIpc) is 2.26. The maximum Gasteiger partial charge on any atom is 0.0589 e. The molecule has 0 spiro atoms. The van der Waals surface area contributed by atoms with E-state index in [0.717, 1.165) is 45.8 Å². The Balaban J connectivity index is 3.44. The van der Waals surface area contributed by atoms with E-state index in [9.17, 15) is 0 Å². The molecular formula is C12H28N2O2. The lowest BCUT2D eigenvalue weighted by Gasteiger charge is -2.26. The van der Waals surface area contributed by atoms with Crippen LogP contribution in [0.3, 0.4) is 0 Å². The van der Waals surface area contributed by atoms with E-state index < -0.39 is 0 Å². The monoisotopic (exact) mass is 232 g/mol. The standard InChI is InChI=1S/C12H28N2O2/c1-12(2)14(9-11-16-4)8-7-13-6-5-10-15-3/h12-13H,5-11H2,1-4H3. The molecule has 0 saturated heterocycles. The third kappa shape index (κ3) is 9.09. The summed E-state index contributed by atoms with van der Waals surface area (Å²) in [6.07, 6.45) is 1.08. The van der Waals surface area contributed by atoms with Crippen molar-refractivity contribution < 1.29 is 9.47 Å². The minimum atomic E-state index is 0.580. The number of nitrogens with zero attached hydrogens (tertiary/aromatic N) is 1. The van der Waals surface area contributed by atoms with Gasteiger partial charge in [-0.3, -0.25) is 4.90 Å². The molecule has 0 saturated carbocycles. The Bertz CT molecular complexity index is 143. The third-order valence-electron chi connectivity index (χ3n) is 2.59. The van der Waals surface area contributed by atoms with Crippen LogP contribution in [0, 0.1) is 0 Å². The highest BCUT2D eigenvalue weighted by atomic mass is 16.5. The van der Waals surface area contributed by atoms with Gasteiger partial charge in [-0.1, -0.05) is 0 Å². The highest BCUT2D eigenvalue weighted by Crippen LogP contribution is 1.96. The summed E-state index contributed by atoms with van der Waals surface area (Å²) in [5, 5.41) is 3.42. The molecule has 0 unspecified atom stereocenters. The minimum absolute atomic E-state index is 0.580. The summed E-state index contributed by atoms with van der Waals surface area (Å²) in [6, 6.07) is 0.580. The number of nitrogens with one attached hydrogen (secondary N) is 1. The van der Waals surface area contributed by atoms with Gasteiger partial charge in [-0.15, -0.1) is 0 Å². The van der Waals surface area contributed by atoms with E-state index in [4.69, 9.17) is 9.47 Å². The van der Waals surface area contributed by atoms with Crippen LogP contribution in [-0.4, -0.2) is 64.6 Å². The molecule has 0 aromatic heterocycles. The fourth-order valence-corrected chi connectivity index (χ4v) is 1.53. The van der Waals surface area contributed by atoms with E-state index in [-0.39, 0.29) is 0 Å². The van der Waals surface area contributed by atoms with Gasteiger partial charge in [0.15, 0.2) is 0 Å². The normalized spacial score (nSPS) is 11.6. The summed E-state index contributed by atoms with van der Waals surface area (Å²) in [6.45, 7) is 10.2. The molecule has 0 rings (SSSR count). The lowest BCUT2D eigenvalue weighted by Crippen LogP contribution is -2.39. The maximum atomic E-state index is 5.10. The van der Waals surface area contributed by atoms with Crippen LogP contribution in [-0.2, 0) is 9.47 Å². The molecule has 0 radical (unpaired) electrons. The predicted octanol–water partition coefficient (Wildman–Crippen LogP) is 0.969. The van der Waals surface area contributed by atoms with Gasteiger partial charge in [0.25, 0.3) is 0 Å². The number of ether oxygens (including phenoxy) is 2. The molecular weight excluding hydrogens is 204 g/mol. The van der Waals surface area contributed by atoms with Crippen LogP contribution in [0.5, 0.6) is 0 Å². The van der Waals surface area contributed by atoms with Crippen molar-refractivity contribution >= 4 is 0 Å². The maximum absolute atomic E-state index is 5.10. The number of hydrogen-bond acceptors (Lipinski definition) is 4. The largest absolute Gasteiger partial charge is 0.385 e. The first-order valence-corrected chi connectivity index (χ1v) is 6.15. The van der Waals surface area contributed by atoms with Crippen molar-refractivity contribution in [3.05, 3.63) is 0 Å². The zero-order chi connectivity index (χ0) is 12.2. The molecule has 0 bridgehead atoms. The molecule has 0 fully saturated rings. The lowest BCUT2D eigenvalue weighted by atomic mass is 10.3. The zero-order valence-electron chi connectivity index (χ0n) is 11.3. The molecule has 0 aliphatic carbocycles. The molecule has 0 amide bonds. The summed E-state index contributed by atoms with van der Waals surface area (Å²) in [4.78, 5) is 2.42. The molecule has 0 heterocycles. The van der Waals surface area contributed by atoms with Crippen LogP contribution in [0.4, 0.5) is 0 Å². The van der Waals surface area contributed by atoms with E-state index in [2.05, 4.69) is 24.1 Å². The van der Waals surface area contributed by atoms with E-state index in [1.54, 1.807) is 14.2 Å². The van der Waals surface area contributed by atoms with Crippen molar-refractivity contribution in [1.82, 2.24) is 10.2 Å². The second-order valence-electron chi connectivity index (χ2n) is 4.22. The van der Waals surface area contributed by atoms with Crippen LogP contribution in [0.1, 0.15) is 20.3 Å². The molecule has 4 nitrogen and oxygen atoms in total. The van der Waals surface area contributed by atoms with Gasteiger partial charge in [0.1, 0.15) is 0 Å². The van der Waals surface area contributed by atoms with Gasteiger partial charge in [0.05, 0.1) is 6.61 Å². The van der Waals surface area contributed by atoms with Crippen molar-refractivity contribution in [2.45, 2.75) is 26.3 Å². The van der Waals surface area contributed by atoms with E-state index in [0.29, 0.717) is 6.04 Å². The smallest absolute Gasteiger partial charge is 0.0589 e. The van der Waals surface area contributed by atoms with Crippen molar-refractivity contribution in [3.63, 3.8) is 0 Å². The number of methoxy groups -OCH3 is 2. The predicted molar refractivity (Wildman–Crippen MR) is 67.9 cm³/mol. The van der Waals surface area contributed by atoms with Crippen LogP contribution in [0.25, 0.3) is 0 Å². The molecule has 98 valence electrons. The Kier molecular flexibility index (Phi) is 11.2. The van der Waals surface area contributed by atoms with Crippen LogP contribution in [0.15, 0.2) is 0 Å². The molecule has 16 heavy (non-hydrogen) atoms. The first kappa shape index (κ1) is 15.8. The topological polar surface area (TPSA) is 33.7 Å². The minimum Gasteiger partial charge on any atom is -0.385 e. The van der Waals surface area contributed by atoms with Gasteiger partial charge in [-0.25, -0.2) is 0 Å². The van der Waals surface area contributed by atoms with Gasteiger partial charge >= 0.3 is 0 Å². The highest BCUT2D eigenvalue weighted by molar-refractivity contribution is 4.64. The van der Waals surface area contributed by atoms with E-state index in [1.807, 2.05) is 0 Å². The van der Waals surface area contributed by atoms with E-state index >= 15 is 0 Å². The van der Waals surface area contributed by atoms with Crippen LogP contribution in [0.2, 0.25) is 0 Å². The van der Waals surface area contributed by atoms with Gasteiger partial charge in [0.2, 0.25) is 0 Å². The zero-order valence-corrected chi connectivity index (χ0v) is 11.3. The van der Waals surface area contributed by atoms with Gasteiger partial charge < -0.3 is 14.8 Å². The van der Waals surface area contributed by atoms with Crippen LogP contribution < -0.4 is 5.32 Å². The summed E-state index contributed by atoms with van der Waals surface area (Å²) < 4.78 is 10.1. The first-order chi connectivity index (χ1) is 7.72. The summed E-state index contributed by atoms with van der Waals surface area (Å²) in [7, 11) is 3.49. The van der Waals surface area contributed by atoms with Crippen molar-refractivity contribution in [2.75, 3.05) is 53.6 Å². The molecule has 0 aromatic rings.